The van der Waals surface area contributed by atoms with Crippen LogP contribution in [0.15, 0.2) is 28.7 Å². The molecule has 1 saturated heterocycles. The molecule has 0 aliphatic carbocycles. The molecule has 1 heterocycles. The van der Waals surface area contributed by atoms with Crippen molar-refractivity contribution in [3.8, 4) is 0 Å². The van der Waals surface area contributed by atoms with Gasteiger partial charge in [-0.15, -0.1) is 0 Å². The molecule has 1 atom stereocenters. The summed E-state index contributed by atoms with van der Waals surface area (Å²) in [5.41, 5.74) is 0.444. The number of nitrogens with zero attached hydrogens (tertiary/aromatic N) is 3. The van der Waals surface area contributed by atoms with Crippen LogP contribution in [0.1, 0.15) is 16.8 Å². The van der Waals surface area contributed by atoms with Gasteiger partial charge in [0.15, 0.2) is 5.78 Å². The quantitative estimate of drug-likeness (QED) is 0.585. The van der Waals surface area contributed by atoms with E-state index in [1.54, 1.807) is 24.3 Å². The van der Waals surface area contributed by atoms with Crippen LogP contribution in [0.2, 0.25) is 0 Å². The lowest BCUT2D eigenvalue weighted by Crippen LogP contribution is -2.40. The monoisotopic (exact) mass is 377 g/mol. The standard InChI is InChI=1S/C13H11BrF3NO2.N2/c14-10-3-1-8(2-4-10)11(19)9-5-6-18(7-9)12(20)13(15,16)17;1-2/h1-4,9H,5-7H2;. The summed E-state index contributed by atoms with van der Waals surface area (Å²) in [6.45, 7) is -0.210. The zero-order chi connectivity index (χ0) is 16.9. The highest BCUT2D eigenvalue weighted by atomic mass is 79.9. The number of amides is 1. The molecule has 1 aromatic rings. The van der Waals surface area contributed by atoms with E-state index in [1.165, 1.54) is 0 Å². The molecule has 0 saturated carbocycles. The third kappa shape index (κ3) is 4.27. The Bertz CT molecular complexity index is 572. The summed E-state index contributed by atoms with van der Waals surface area (Å²) in [6.07, 6.45) is -4.62. The molecular formula is C13H11BrF3N3O2. The van der Waals surface area contributed by atoms with E-state index >= 15 is 0 Å². The van der Waals surface area contributed by atoms with Gasteiger partial charge in [0.1, 0.15) is 0 Å². The number of rotatable bonds is 2. The van der Waals surface area contributed by atoms with Crippen molar-refractivity contribution in [1.82, 2.24) is 4.90 Å². The van der Waals surface area contributed by atoms with Crippen molar-refractivity contribution in [1.29, 1.82) is 10.8 Å². The normalized spacial score (nSPS) is 17.5. The van der Waals surface area contributed by atoms with Crippen LogP contribution in [0.3, 0.4) is 0 Å². The van der Waals surface area contributed by atoms with Crippen molar-refractivity contribution in [2.75, 3.05) is 13.1 Å². The van der Waals surface area contributed by atoms with Crippen molar-refractivity contribution in [3.63, 3.8) is 0 Å². The van der Waals surface area contributed by atoms with Crippen LogP contribution in [0.25, 0.3) is 0 Å². The summed E-state index contributed by atoms with van der Waals surface area (Å²) in [5.74, 6) is -2.67. The largest absolute Gasteiger partial charge is 0.471 e. The Morgan fingerprint density at radius 3 is 2.23 bits per heavy atom. The SMILES string of the molecule is N#N.O=C(c1ccc(Br)cc1)C1CCN(C(=O)C(F)(F)F)C1. The number of benzene rings is 1. The van der Waals surface area contributed by atoms with Gasteiger partial charge < -0.3 is 4.90 Å². The van der Waals surface area contributed by atoms with Gasteiger partial charge in [-0.25, -0.2) is 0 Å². The molecule has 2 rings (SSSR count). The number of halogens is 4. The molecule has 1 aliphatic heterocycles. The van der Waals surface area contributed by atoms with Crippen molar-refractivity contribution in [2.24, 2.45) is 5.92 Å². The van der Waals surface area contributed by atoms with Gasteiger partial charge in [-0.3, -0.25) is 9.59 Å². The number of Topliss-reactive ketones (excluding diaryl/α,β-unsaturated/α-hetero) is 1. The zero-order valence-electron chi connectivity index (χ0n) is 11.2. The molecule has 0 aromatic heterocycles. The van der Waals surface area contributed by atoms with Gasteiger partial charge in [0.05, 0.1) is 0 Å². The molecule has 0 N–H and O–H groups in total. The van der Waals surface area contributed by atoms with E-state index < -0.39 is 18.0 Å². The maximum absolute atomic E-state index is 12.3. The number of hydrogen-bond acceptors (Lipinski definition) is 4. The summed E-state index contributed by atoms with van der Waals surface area (Å²) >= 11 is 3.24. The minimum Gasteiger partial charge on any atom is -0.334 e. The zero-order valence-corrected chi connectivity index (χ0v) is 12.8. The molecule has 9 heteroatoms. The minimum atomic E-state index is -4.88. The maximum atomic E-state index is 12.3. The second-order valence-electron chi connectivity index (χ2n) is 4.61. The van der Waals surface area contributed by atoms with Crippen LogP contribution in [0.5, 0.6) is 0 Å². The third-order valence-corrected chi connectivity index (χ3v) is 3.75. The fourth-order valence-electron chi connectivity index (χ4n) is 2.19. The average Bonchev–Trinajstić information content (AvgIpc) is 2.97. The first-order valence-electron chi connectivity index (χ1n) is 6.15. The molecule has 1 aromatic carbocycles. The van der Waals surface area contributed by atoms with Gasteiger partial charge >= 0.3 is 12.1 Å². The summed E-state index contributed by atoms with van der Waals surface area (Å²) in [4.78, 5) is 23.9. The lowest BCUT2D eigenvalue weighted by atomic mass is 9.97. The van der Waals surface area contributed by atoms with E-state index in [0.29, 0.717) is 10.5 Å². The van der Waals surface area contributed by atoms with Crippen LogP contribution >= 0.6 is 15.9 Å². The van der Waals surface area contributed by atoms with E-state index in [0.717, 1.165) is 4.47 Å². The lowest BCUT2D eigenvalue weighted by Gasteiger charge is -2.17. The summed E-state index contributed by atoms with van der Waals surface area (Å²) in [6, 6.07) is 6.61. The first-order chi connectivity index (χ1) is 10.3. The van der Waals surface area contributed by atoms with Crippen molar-refractivity contribution >= 4 is 27.6 Å². The average molecular weight is 378 g/mol. The van der Waals surface area contributed by atoms with Crippen LogP contribution < -0.4 is 0 Å². The molecule has 22 heavy (non-hydrogen) atoms. The number of carbonyl (C=O) groups is 2. The van der Waals surface area contributed by atoms with E-state index in [9.17, 15) is 22.8 Å². The Kier molecular flexibility index (Phi) is 6.05. The van der Waals surface area contributed by atoms with Crippen LogP contribution in [0.4, 0.5) is 13.2 Å². The fourth-order valence-corrected chi connectivity index (χ4v) is 2.45. The maximum Gasteiger partial charge on any atom is 0.471 e. The summed E-state index contributed by atoms with van der Waals surface area (Å²) < 4.78 is 37.8. The number of alkyl halides is 3. The van der Waals surface area contributed by atoms with Gasteiger partial charge in [-0.2, -0.15) is 13.2 Å². The van der Waals surface area contributed by atoms with E-state index in [1.807, 2.05) is 0 Å². The van der Waals surface area contributed by atoms with Crippen LogP contribution in [0, 0.1) is 16.7 Å². The summed E-state index contributed by atoms with van der Waals surface area (Å²) in [7, 11) is 0. The van der Waals surface area contributed by atoms with E-state index in [4.69, 9.17) is 10.8 Å². The van der Waals surface area contributed by atoms with Gasteiger partial charge in [0.25, 0.3) is 0 Å². The molecule has 0 bridgehead atoms. The molecule has 1 unspecified atom stereocenters. The lowest BCUT2D eigenvalue weighted by molar-refractivity contribution is -0.184. The first-order valence-corrected chi connectivity index (χ1v) is 6.94. The highest BCUT2D eigenvalue weighted by Crippen LogP contribution is 2.26. The molecule has 118 valence electrons. The molecular weight excluding hydrogens is 367 g/mol. The second kappa shape index (κ2) is 7.35. The number of ketones is 1. The number of hydrogen-bond donors (Lipinski definition) is 0. The van der Waals surface area contributed by atoms with E-state index in [2.05, 4.69) is 15.9 Å². The second-order valence-corrected chi connectivity index (χ2v) is 5.52. The fraction of sp³-hybridized carbons (Fsp3) is 0.385. The molecule has 5 nitrogen and oxygen atoms in total. The minimum absolute atomic E-state index is 0.0364. The van der Waals surface area contributed by atoms with Crippen LogP contribution in [-0.4, -0.2) is 35.9 Å². The Labute approximate surface area is 132 Å². The Balaban J connectivity index is 0.00000116. The van der Waals surface area contributed by atoms with Gasteiger partial charge in [-0.05, 0) is 18.6 Å². The number of carbonyl (C=O) groups excluding carboxylic acids is 2. The van der Waals surface area contributed by atoms with Gasteiger partial charge in [0.2, 0.25) is 0 Å². The molecule has 1 aliphatic rings. The van der Waals surface area contributed by atoms with Crippen molar-refractivity contribution in [2.45, 2.75) is 12.6 Å². The Morgan fingerprint density at radius 2 is 1.73 bits per heavy atom. The highest BCUT2D eigenvalue weighted by Gasteiger charge is 2.45. The van der Waals surface area contributed by atoms with Gasteiger partial charge in [0, 0.05) is 39.8 Å². The Morgan fingerprint density at radius 1 is 1.18 bits per heavy atom. The van der Waals surface area contributed by atoms with Gasteiger partial charge in [-0.1, -0.05) is 28.1 Å². The summed E-state index contributed by atoms with van der Waals surface area (Å²) in [5, 5.41) is 12.0. The van der Waals surface area contributed by atoms with Crippen molar-refractivity contribution in [3.05, 3.63) is 34.3 Å². The molecule has 1 fully saturated rings. The first kappa shape index (κ1) is 18.1. The topological polar surface area (TPSA) is 85.0 Å². The smallest absolute Gasteiger partial charge is 0.334 e. The van der Waals surface area contributed by atoms with Crippen molar-refractivity contribution < 1.29 is 22.8 Å². The predicted octanol–water partition coefficient (Wildman–Crippen LogP) is 3.07. The highest BCUT2D eigenvalue weighted by molar-refractivity contribution is 9.10. The number of likely N-dealkylation sites (tertiary alicyclic amines) is 1. The molecule has 0 radical (unpaired) electrons. The van der Waals surface area contributed by atoms with Crippen LogP contribution in [-0.2, 0) is 4.79 Å². The molecule has 1 amide bonds. The third-order valence-electron chi connectivity index (χ3n) is 3.22. The molecule has 0 spiro atoms. The predicted molar refractivity (Wildman–Crippen MR) is 72.7 cm³/mol. The van der Waals surface area contributed by atoms with E-state index in [-0.39, 0.29) is 25.3 Å². The Hall–Kier alpha value is -1.95.